The molecule has 1 fully saturated rings. The topological polar surface area (TPSA) is 103 Å². The van der Waals surface area contributed by atoms with Gasteiger partial charge >= 0.3 is 0 Å². The first-order chi connectivity index (χ1) is 12.0. The molecule has 1 aliphatic rings. The number of hydrogen-bond acceptors (Lipinski definition) is 5. The van der Waals surface area contributed by atoms with Crippen LogP contribution in [0.5, 0.6) is 0 Å². The molecule has 1 N–H and O–H groups in total. The van der Waals surface area contributed by atoms with Crippen LogP contribution in [-0.2, 0) is 10.0 Å². The highest BCUT2D eigenvalue weighted by Crippen LogP contribution is 2.35. The summed E-state index contributed by atoms with van der Waals surface area (Å²) in [5.41, 5.74) is 3.73. The molecule has 1 unspecified atom stereocenters. The van der Waals surface area contributed by atoms with Crippen LogP contribution in [0.2, 0.25) is 0 Å². The Morgan fingerprint density at radius 1 is 1.44 bits per heavy atom. The molecule has 0 bridgehead atoms. The van der Waals surface area contributed by atoms with Crippen LogP contribution in [-0.4, -0.2) is 46.5 Å². The maximum Gasteiger partial charge on any atom is 0.227 e. The summed E-state index contributed by atoms with van der Waals surface area (Å²) in [6.07, 6.45) is 4.23. The van der Waals surface area contributed by atoms with Crippen molar-refractivity contribution in [2.24, 2.45) is 0 Å². The summed E-state index contributed by atoms with van der Waals surface area (Å²) < 4.78 is 25.8. The van der Waals surface area contributed by atoms with Crippen LogP contribution in [0.1, 0.15) is 23.6 Å². The number of aromatic amines is 1. The maximum atomic E-state index is 12.2. The van der Waals surface area contributed by atoms with Crippen LogP contribution in [0.3, 0.4) is 0 Å². The van der Waals surface area contributed by atoms with Gasteiger partial charge < -0.3 is 4.98 Å². The van der Waals surface area contributed by atoms with Crippen molar-refractivity contribution in [2.45, 2.75) is 19.3 Å². The highest BCUT2D eigenvalue weighted by molar-refractivity contribution is 7.89. The minimum Gasteiger partial charge on any atom is -0.344 e. The second kappa shape index (κ2) is 5.79. The molecule has 4 heterocycles. The van der Waals surface area contributed by atoms with E-state index in [4.69, 9.17) is 5.26 Å². The molecule has 3 aromatic heterocycles. The molecule has 25 heavy (non-hydrogen) atoms. The van der Waals surface area contributed by atoms with E-state index in [-0.39, 0.29) is 5.92 Å². The van der Waals surface area contributed by atoms with Crippen LogP contribution in [0.15, 0.2) is 24.5 Å². The fourth-order valence-corrected chi connectivity index (χ4v) is 4.76. The minimum atomic E-state index is -3.50. The molecule has 0 aliphatic carbocycles. The molecule has 0 amide bonds. The standard InChI is InChI=1S/C17H17N5O2S/c1-11-8-14-16-13(2-5-19-15(16)9-20-17(14)21-11)12-3-6-22(10-12)25(23,24)7-4-18/h2,5,8-9,12H,3,6-7,10H2,1H3,(H,20,21). The smallest absolute Gasteiger partial charge is 0.227 e. The van der Waals surface area contributed by atoms with Crippen molar-refractivity contribution < 1.29 is 8.42 Å². The molecule has 3 aromatic rings. The summed E-state index contributed by atoms with van der Waals surface area (Å²) in [5, 5.41) is 10.8. The van der Waals surface area contributed by atoms with Crippen molar-refractivity contribution in [2.75, 3.05) is 18.8 Å². The second-order valence-electron chi connectivity index (χ2n) is 6.39. The molecule has 7 nitrogen and oxygen atoms in total. The summed E-state index contributed by atoms with van der Waals surface area (Å²) in [4.78, 5) is 12.1. The number of nitriles is 1. The van der Waals surface area contributed by atoms with Crippen molar-refractivity contribution in [1.29, 1.82) is 5.26 Å². The molecule has 1 atom stereocenters. The third-order valence-corrected chi connectivity index (χ3v) is 6.37. The fraction of sp³-hybridized carbons (Fsp3) is 0.353. The Morgan fingerprint density at radius 2 is 2.28 bits per heavy atom. The lowest BCUT2D eigenvalue weighted by Gasteiger charge is -2.16. The van der Waals surface area contributed by atoms with E-state index in [2.05, 4.69) is 21.0 Å². The molecule has 8 heteroatoms. The van der Waals surface area contributed by atoms with E-state index in [0.29, 0.717) is 13.1 Å². The molecule has 0 radical (unpaired) electrons. The SMILES string of the molecule is Cc1cc2c(ncc3nccc(C4CCN(S(=O)(=O)CC#N)C4)c32)[nH]1. The Balaban J connectivity index is 1.80. The van der Waals surface area contributed by atoms with Crippen LogP contribution in [0.4, 0.5) is 0 Å². The van der Waals surface area contributed by atoms with E-state index in [1.807, 2.05) is 13.0 Å². The molecule has 1 saturated heterocycles. The third kappa shape index (κ3) is 2.65. The highest BCUT2D eigenvalue weighted by atomic mass is 32.2. The van der Waals surface area contributed by atoms with Gasteiger partial charge in [-0.2, -0.15) is 5.26 Å². The highest BCUT2D eigenvalue weighted by Gasteiger charge is 2.33. The number of nitrogens with zero attached hydrogens (tertiary/aromatic N) is 4. The van der Waals surface area contributed by atoms with Crippen molar-refractivity contribution >= 4 is 32.0 Å². The Kier molecular flexibility index (Phi) is 3.71. The van der Waals surface area contributed by atoms with Gasteiger partial charge in [0, 0.05) is 35.8 Å². The number of hydrogen-bond donors (Lipinski definition) is 1. The maximum absolute atomic E-state index is 12.2. The van der Waals surface area contributed by atoms with Crippen LogP contribution >= 0.6 is 0 Å². The summed E-state index contributed by atoms with van der Waals surface area (Å²) in [7, 11) is -3.50. The summed E-state index contributed by atoms with van der Waals surface area (Å²) >= 11 is 0. The van der Waals surface area contributed by atoms with Gasteiger partial charge in [-0.15, -0.1) is 0 Å². The van der Waals surface area contributed by atoms with Gasteiger partial charge in [0.2, 0.25) is 10.0 Å². The average Bonchev–Trinajstić information content (AvgIpc) is 3.20. The van der Waals surface area contributed by atoms with Gasteiger partial charge in [0.15, 0.2) is 5.75 Å². The molecule has 1 aliphatic heterocycles. The number of fused-ring (bicyclic) bond motifs is 3. The average molecular weight is 355 g/mol. The number of H-pyrrole nitrogens is 1. The molecule has 0 saturated carbocycles. The van der Waals surface area contributed by atoms with Crippen molar-refractivity contribution in [3.63, 3.8) is 0 Å². The zero-order valence-electron chi connectivity index (χ0n) is 13.7. The first kappa shape index (κ1) is 16.0. The van der Waals surface area contributed by atoms with Gasteiger partial charge in [-0.05, 0) is 37.0 Å². The summed E-state index contributed by atoms with van der Waals surface area (Å²) in [6, 6.07) is 5.76. The fourth-order valence-electron chi connectivity index (χ4n) is 3.63. The van der Waals surface area contributed by atoms with E-state index in [0.717, 1.165) is 39.6 Å². The lowest BCUT2D eigenvalue weighted by molar-refractivity contribution is 0.476. The number of aromatic nitrogens is 3. The number of aryl methyl sites for hydroxylation is 1. The van der Waals surface area contributed by atoms with E-state index in [1.54, 1.807) is 18.5 Å². The Morgan fingerprint density at radius 3 is 3.08 bits per heavy atom. The lowest BCUT2D eigenvalue weighted by Crippen LogP contribution is -2.30. The Labute approximate surface area is 145 Å². The van der Waals surface area contributed by atoms with Gasteiger partial charge in [0.1, 0.15) is 5.65 Å². The third-order valence-electron chi connectivity index (χ3n) is 4.76. The van der Waals surface area contributed by atoms with Crippen molar-refractivity contribution in [3.05, 3.63) is 35.8 Å². The molecule has 0 aromatic carbocycles. The number of sulfonamides is 1. The van der Waals surface area contributed by atoms with E-state index in [9.17, 15) is 8.42 Å². The Bertz CT molecular complexity index is 1110. The molecular formula is C17H17N5O2S. The van der Waals surface area contributed by atoms with Gasteiger partial charge in [0.05, 0.1) is 17.8 Å². The summed E-state index contributed by atoms with van der Waals surface area (Å²) in [5.74, 6) is -0.387. The zero-order valence-corrected chi connectivity index (χ0v) is 14.5. The van der Waals surface area contributed by atoms with Gasteiger partial charge in [-0.25, -0.2) is 17.7 Å². The first-order valence-electron chi connectivity index (χ1n) is 8.07. The summed E-state index contributed by atoms with van der Waals surface area (Å²) in [6.45, 7) is 2.82. The normalized spacial score (nSPS) is 18.8. The van der Waals surface area contributed by atoms with Crippen molar-refractivity contribution in [3.8, 4) is 6.07 Å². The number of rotatable bonds is 3. The van der Waals surface area contributed by atoms with E-state index < -0.39 is 15.8 Å². The van der Waals surface area contributed by atoms with Gasteiger partial charge in [0.25, 0.3) is 0 Å². The van der Waals surface area contributed by atoms with Gasteiger partial charge in [-0.1, -0.05) is 0 Å². The predicted molar refractivity (Wildman–Crippen MR) is 94.5 cm³/mol. The molecule has 4 rings (SSSR count). The second-order valence-corrected chi connectivity index (χ2v) is 8.36. The first-order valence-corrected chi connectivity index (χ1v) is 9.68. The monoisotopic (exact) mass is 355 g/mol. The minimum absolute atomic E-state index is 0.0831. The molecular weight excluding hydrogens is 338 g/mol. The number of pyridine rings is 2. The van der Waals surface area contributed by atoms with E-state index >= 15 is 0 Å². The van der Waals surface area contributed by atoms with E-state index in [1.165, 1.54) is 4.31 Å². The molecule has 0 spiro atoms. The van der Waals surface area contributed by atoms with Crippen LogP contribution in [0, 0.1) is 18.3 Å². The van der Waals surface area contributed by atoms with Crippen LogP contribution < -0.4 is 0 Å². The number of nitrogens with one attached hydrogen (secondary N) is 1. The largest absolute Gasteiger partial charge is 0.344 e. The lowest BCUT2D eigenvalue weighted by atomic mass is 9.94. The zero-order chi connectivity index (χ0) is 17.6. The van der Waals surface area contributed by atoms with Crippen LogP contribution in [0.25, 0.3) is 21.9 Å². The van der Waals surface area contributed by atoms with Crippen molar-refractivity contribution in [1.82, 2.24) is 19.3 Å². The Hall–Kier alpha value is -2.50. The molecule has 128 valence electrons. The van der Waals surface area contributed by atoms with Gasteiger partial charge in [-0.3, -0.25) is 4.98 Å². The quantitative estimate of drug-likeness (QED) is 0.775. The predicted octanol–water partition coefficient (Wildman–Crippen LogP) is 2.06.